The number of hydrogen-bond acceptors (Lipinski definition) is 6. The van der Waals surface area contributed by atoms with Crippen molar-refractivity contribution < 1.29 is 4.79 Å². The van der Waals surface area contributed by atoms with E-state index in [4.69, 9.17) is 0 Å². The molecule has 4 aromatic rings. The van der Waals surface area contributed by atoms with Crippen LogP contribution in [-0.2, 0) is 0 Å². The molecular formula is C24H23N7O. The van der Waals surface area contributed by atoms with Crippen molar-refractivity contribution in [1.82, 2.24) is 35.5 Å². The van der Waals surface area contributed by atoms with Crippen molar-refractivity contribution in [3.8, 4) is 16.8 Å². The van der Waals surface area contributed by atoms with Gasteiger partial charge in [-0.2, -0.15) is 4.68 Å². The van der Waals surface area contributed by atoms with Crippen molar-refractivity contribution in [1.29, 1.82) is 0 Å². The summed E-state index contributed by atoms with van der Waals surface area (Å²) in [7, 11) is 0. The quantitative estimate of drug-likeness (QED) is 0.505. The SMILES string of the molecule is Cc1ccc(-c2cc(C(=O)NC(C)c3cnccn3)cc(-n3nnnc3C3CC3)c2)cc1. The van der Waals surface area contributed by atoms with E-state index in [-0.39, 0.29) is 11.9 Å². The summed E-state index contributed by atoms with van der Waals surface area (Å²) >= 11 is 0. The molecule has 0 aliphatic heterocycles. The number of tetrazole rings is 1. The molecule has 0 radical (unpaired) electrons. The minimum atomic E-state index is -0.280. The molecule has 1 N–H and O–H groups in total. The van der Waals surface area contributed by atoms with Gasteiger partial charge in [-0.3, -0.25) is 14.8 Å². The van der Waals surface area contributed by atoms with Crippen LogP contribution in [0.4, 0.5) is 0 Å². The van der Waals surface area contributed by atoms with E-state index in [1.54, 1.807) is 23.3 Å². The maximum absolute atomic E-state index is 13.2. The van der Waals surface area contributed by atoms with E-state index in [1.807, 2.05) is 25.1 Å². The first-order chi connectivity index (χ1) is 15.6. The zero-order valence-electron chi connectivity index (χ0n) is 17.9. The van der Waals surface area contributed by atoms with Crippen LogP contribution in [0.15, 0.2) is 61.1 Å². The van der Waals surface area contributed by atoms with Crippen LogP contribution < -0.4 is 5.32 Å². The van der Waals surface area contributed by atoms with Crippen LogP contribution in [0.2, 0.25) is 0 Å². The van der Waals surface area contributed by atoms with Crippen LogP contribution in [0.25, 0.3) is 16.8 Å². The molecule has 0 bridgehead atoms. The minimum absolute atomic E-state index is 0.195. The molecule has 0 spiro atoms. The van der Waals surface area contributed by atoms with E-state index in [0.717, 1.165) is 35.5 Å². The Morgan fingerprint density at radius 3 is 2.62 bits per heavy atom. The molecule has 2 aromatic heterocycles. The van der Waals surface area contributed by atoms with Gasteiger partial charge in [-0.05, 0) is 66.4 Å². The third kappa shape index (κ3) is 4.12. The Hall–Kier alpha value is -3.94. The maximum atomic E-state index is 13.2. The first-order valence-corrected chi connectivity index (χ1v) is 10.7. The first-order valence-electron chi connectivity index (χ1n) is 10.7. The summed E-state index contributed by atoms with van der Waals surface area (Å²) in [6, 6.07) is 13.7. The van der Waals surface area contributed by atoms with Crippen LogP contribution in [-0.4, -0.2) is 36.1 Å². The summed E-state index contributed by atoms with van der Waals surface area (Å²) in [6.45, 7) is 3.94. The highest BCUT2D eigenvalue weighted by atomic mass is 16.1. The van der Waals surface area contributed by atoms with Gasteiger partial charge in [0.15, 0.2) is 5.82 Å². The Labute approximate surface area is 185 Å². The second-order valence-electron chi connectivity index (χ2n) is 8.18. The normalized spacial score (nSPS) is 14.2. The molecule has 1 unspecified atom stereocenters. The van der Waals surface area contributed by atoms with Gasteiger partial charge in [0.2, 0.25) is 0 Å². The number of carbonyl (C=O) groups excluding carboxylic acids is 1. The molecular weight excluding hydrogens is 402 g/mol. The van der Waals surface area contributed by atoms with E-state index in [1.165, 1.54) is 5.56 Å². The van der Waals surface area contributed by atoms with Crippen LogP contribution in [0, 0.1) is 6.92 Å². The second kappa shape index (κ2) is 8.30. The Kier molecular flexibility index (Phi) is 5.18. The van der Waals surface area contributed by atoms with Gasteiger partial charge < -0.3 is 5.32 Å². The monoisotopic (exact) mass is 425 g/mol. The average molecular weight is 425 g/mol. The van der Waals surface area contributed by atoms with Gasteiger partial charge in [-0.25, -0.2) is 0 Å². The minimum Gasteiger partial charge on any atom is -0.344 e. The smallest absolute Gasteiger partial charge is 0.251 e. The van der Waals surface area contributed by atoms with Crippen molar-refractivity contribution in [3.63, 3.8) is 0 Å². The fourth-order valence-corrected chi connectivity index (χ4v) is 3.64. The molecule has 5 rings (SSSR count). The zero-order valence-corrected chi connectivity index (χ0v) is 17.9. The predicted octanol–water partition coefficient (Wildman–Crippen LogP) is 3.80. The number of aromatic nitrogens is 6. The molecule has 1 atom stereocenters. The van der Waals surface area contributed by atoms with Gasteiger partial charge in [0.05, 0.1) is 23.6 Å². The van der Waals surface area contributed by atoms with E-state index in [0.29, 0.717) is 17.2 Å². The van der Waals surface area contributed by atoms with E-state index < -0.39 is 0 Å². The number of rotatable bonds is 6. The summed E-state index contributed by atoms with van der Waals surface area (Å²) in [6.07, 6.45) is 7.05. The molecule has 1 saturated carbocycles. The third-order valence-electron chi connectivity index (χ3n) is 5.62. The molecule has 1 amide bonds. The highest BCUT2D eigenvalue weighted by Crippen LogP contribution is 2.39. The van der Waals surface area contributed by atoms with E-state index in [9.17, 15) is 4.79 Å². The van der Waals surface area contributed by atoms with E-state index in [2.05, 4.69) is 62.0 Å². The molecule has 8 heteroatoms. The van der Waals surface area contributed by atoms with E-state index >= 15 is 0 Å². The van der Waals surface area contributed by atoms with Crippen LogP contribution in [0.3, 0.4) is 0 Å². The Balaban J connectivity index is 1.53. The first kappa shape index (κ1) is 20.0. The fourth-order valence-electron chi connectivity index (χ4n) is 3.64. The Morgan fingerprint density at radius 2 is 1.91 bits per heavy atom. The third-order valence-corrected chi connectivity index (χ3v) is 5.62. The lowest BCUT2D eigenvalue weighted by Gasteiger charge is -2.15. The second-order valence-corrected chi connectivity index (χ2v) is 8.18. The number of benzene rings is 2. The van der Waals surface area contributed by atoms with Gasteiger partial charge in [-0.1, -0.05) is 29.8 Å². The zero-order chi connectivity index (χ0) is 22.1. The Morgan fingerprint density at radius 1 is 1.09 bits per heavy atom. The van der Waals surface area contributed by atoms with Gasteiger partial charge in [0.25, 0.3) is 5.91 Å². The van der Waals surface area contributed by atoms with Crippen LogP contribution in [0.1, 0.15) is 59.2 Å². The van der Waals surface area contributed by atoms with Crippen LogP contribution >= 0.6 is 0 Å². The summed E-state index contributed by atoms with van der Waals surface area (Å²) < 4.78 is 1.75. The number of aryl methyl sites for hydroxylation is 1. The number of amides is 1. The number of hydrogen-bond donors (Lipinski definition) is 1. The molecule has 1 aliphatic carbocycles. The molecule has 1 fully saturated rings. The van der Waals surface area contributed by atoms with Crippen molar-refractivity contribution in [2.45, 2.75) is 38.6 Å². The average Bonchev–Trinajstić information content (AvgIpc) is 3.55. The molecule has 0 saturated heterocycles. The molecule has 2 aromatic carbocycles. The lowest BCUT2D eigenvalue weighted by Crippen LogP contribution is -2.27. The molecule has 160 valence electrons. The molecule has 1 aliphatic rings. The lowest BCUT2D eigenvalue weighted by atomic mass is 10.0. The van der Waals surface area contributed by atoms with Gasteiger partial charge in [-0.15, -0.1) is 5.10 Å². The van der Waals surface area contributed by atoms with Crippen molar-refractivity contribution in [2.24, 2.45) is 0 Å². The van der Waals surface area contributed by atoms with Crippen molar-refractivity contribution >= 4 is 5.91 Å². The largest absolute Gasteiger partial charge is 0.344 e. The number of carbonyl (C=O) groups is 1. The maximum Gasteiger partial charge on any atom is 0.251 e. The number of nitrogens with zero attached hydrogens (tertiary/aromatic N) is 6. The Bertz CT molecular complexity index is 1250. The summed E-state index contributed by atoms with van der Waals surface area (Å²) in [5.74, 6) is 1.02. The standard InChI is InChI=1S/C24H23N7O/c1-15-3-5-17(6-4-15)19-11-20(24(32)27-16(2)22-14-25-9-10-26-22)13-21(12-19)31-23(18-7-8-18)28-29-30-31/h3-6,9-14,16,18H,7-8H2,1-2H3,(H,27,32). The summed E-state index contributed by atoms with van der Waals surface area (Å²) in [5, 5.41) is 15.3. The summed E-state index contributed by atoms with van der Waals surface area (Å²) in [5.41, 5.74) is 5.13. The molecule has 32 heavy (non-hydrogen) atoms. The fraction of sp³-hybridized carbons (Fsp3) is 0.250. The summed E-state index contributed by atoms with van der Waals surface area (Å²) in [4.78, 5) is 21.6. The number of nitrogens with one attached hydrogen (secondary N) is 1. The van der Waals surface area contributed by atoms with Gasteiger partial charge in [0, 0.05) is 23.9 Å². The molecule has 2 heterocycles. The molecule has 8 nitrogen and oxygen atoms in total. The van der Waals surface area contributed by atoms with Gasteiger partial charge >= 0.3 is 0 Å². The highest BCUT2D eigenvalue weighted by Gasteiger charge is 2.30. The predicted molar refractivity (Wildman–Crippen MR) is 119 cm³/mol. The van der Waals surface area contributed by atoms with Gasteiger partial charge in [0.1, 0.15) is 0 Å². The van der Waals surface area contributed by atoms with Crippen LogP contribution in [0.5, 0.6) is 0 Å². The lowest BCUT2D eigenvalue weighted by molar-refractivity contribution is 0.0939. The highest BCUT2D eigenvalue weighted by molar-refractivity contribution is 5.96. The van der Waals surface area contributed by atoms with Crippen molar-refractivity contribution in [3.05, 3.63) is 83.7 Å². The topological polar surface area (TPSA) is 98.5 Å². The van der Waals surface area contributed by atoms with Crippen molar-refractivity contribution in [2.75, 3.05) is 0 Å².